The molecule has 2 heteroatoms. The third-order valence-electron chi connectivity index (χ3n) is 5.74. The molecule has 0 fully saturated rings. The lowest BCUT2D eigenvalue weighted by Gasteiger charge is -2.19. The molecule has 0 spiro atoms. The van der Waals surface area contributed by atoms with E-state index in [1.807, 2.05) is 0 Å². The Morgan fingerprint density at radius 2 is 0.710 bits per heavy atom. The van der Waals surface area contributed by atoms with Crippen LogP contribution in [-0.2, 0) is 32.1 Å². The molecule has 4 N–H and O–H groups in total. The fourth-order valence-electron chi connectivity index (χ4n) is 4.58. The van der Waals surface area contributed by atoms with E-state index in [0.29, 0.717) is 23.7 Å². The molecule has 0 aromatic heterocycles. The zero-order chi connectivity index (χ0) is 23.3. The van der Waals surface area contributed by atoms with Crippen LogP contribution in [0.1, 0.15) is 88.8 Å². The number of benzene rings is 2. The first-order chi connectivity index (χ1) is 14.5. The first-order valence-electron chi connectivity index (χ1n) is 12.3. The first kappa shape index (κ1) is 25.3. The quantitative estimate of drug-likeness (QED) is 0.397. The molecule has 0 bridgehead atoms. The summed E-state index contributed by atoms with van der Waals surface area (Å²) in [5, 5.41) is 0. The van der Waals surface area contributed by atoms with Crippen LogP contribution >= 0.6 is 0 Å². The van der Waals surface area contributed by atoms with Gasteiger partial charge in [0.25, 0.3) is 0 Å². The third-order valence-corrected chi connectivity index (χ3v) is 5.74. The van der Waals surface area contributed by atoms with Crippen molar-refractivity contribution in [3.8, 4) is 0 Å². The number of hydrogen-bond donors (Lipinski definition) is 2. The summed E-state index contributed by atoms with van der Waals surface area (Å²) in [6, 6.07) is 9.39. The number of rotatable bonds is 10. The summed E-state index contributed by atoms with van der Waals surface area (Å²) in [6.07, 6.45) is 5.06. The van der Waals surface area contributed by atoms with Gasteiger partial charge in [-0.1, -0.05) is 79.7 Å². The van der Waals surface area contributed by atoms with Crippen LogP contribution in [0.15, 0.2) is 24.3 Å². The standard InChI is InChI=1S/C29H46N2/c1-18(2)9-24-14-22(15-25(28(24)30)10-19(3)4)13-23-16-26(11-20(5)6)29(31)27(17-23)12-21(7)8/h14-21H,9-13,30-31H2,1-8H3. The molecule has 0 unspecified atom stereocenters. The summed E-state index contributed by atoms with van der Waals surface area (Å²) in [5.41, 5.74) is 23.2. The highest BCUT2D eigenvalue weighted by Gasteiger charge is 2.15. The third kappa shape index (κ3) is 7.59. The van der Waals surface area contributed by atoms with Crippen molar-refractivity contribution >= 4 is 11.4 Å². The van der Waals surface area contributed by atoms with Gasteiger partial charge < -0.3 is 11.5 Å². The van der Waals surface area contributed by atoms with Crippen molar-refractivity contribution in [1.82, 2.24) is 0 Å². The number of nitrogens with two attached hydrogens (primary N) is 2. The minimum Gasteiger partial charge on any atom is -0.398 e. The van der Waals surface area contributed by atoms with Crippen LogP contribution in [-0.4, -0.2) is 0 Å². The molecule has 172 valence electrons. The zero-order valence-electron chi connectivity index (χ0n) is 21.3. The van der Waals surface area contributed by atoms with E-state index in [1.54, 1.807) is 0 Å². The lowest BCUT2D eigenvalue weighted by Crippen LogP contribution is -2.09. The van der Waals surface area contributed by atoms with E-state index in [2.05, 4.69) is 79.7 Å². The van der Waals surface area contributed by atoms with Crippen LogP contribution in [0.4, 0.5) is 11.4 Å². The van der Waals surface area contributed by atoms with Crippen LogP contribution in [0.3, 0.4) is 0 Å². The first-order valence-corrected chi connectivity index (χ1v) is 12.3. The Morgan fingerprint density at radius 3 is 0.903 bits per heavy atom. The second kappa shape index (κ2) is 11.1. The second-order valence-corrected chi connectivity index (χ2v) is 11.2. The van der Waals surface area contributed by atoms with Crippen LogP contribution in [0.2, 0.25) is 0 Å². The fraction of sp³-hybridized carbons (Fsp3) is 0.586. The highest BCUT2D eigenvalue weighted by molar-refractivity contribution is 5.59. The number of hydrogen-bond acceptors (Lipinski definition) is 2. The molecular weight excluding hydrogens is 376 g/mol. The molecule has 2 aromatic rings. The number of anilines is 2. The van der Waals surface area contributed by atoms with Crippen molar-refractivity contribution in [3.05, 3.63) is 57.6 Å². The smallest absolute Gasteiger partial charge is 0.0379 e. The Kier molecular flexibility index (Phi) is 9.03. The van der Waals surface area contributed by atoms with E-state index in [9.17, 15) is 0 Å². The molecule has 0 aliphatic heterocycles. The van der Waals surface area contributed by atoms with Crippen molar-refractivity contribution in [3.63, 3.8) is 0 Å². The van der Waals surface area contributed by atoms with Gasteiger partial charge in [-0.25, -0.2) is 0 Å². The molecule has 0 heterocycles. The summed E-state index contributed by atoms with van der Waals surface area (Å²) >= 11 is 0. The van der Waals surface area contributed by atoms with E-state index < -0.39 is 0 Å². The average Bonchev–Trinajstić information content (AvgIpc) is 2.61. The van der Waals surface area contributed by atoms with Crippen LogP contribution in [0, 0.1) is 23.7 Å². The Hall–Kier alpha value is -1.96. The topological polar surface area (TPSA) is 52.0 Å². The van der Waals surface area contributed by atoms with Gasteiger partial charge in [0.05, 0.1) is 0 Å². The Labute approximate surface area is 191 Å². The summed E-state index contributed by atoms with van der Waals surface area (Å²) in [7, 11) is 0. The molecule has 0 saturated carbocycles. The predicted molar refractivity (Wildman–Crippen MR) is 139 cm³/mol. The highest BCUT2D eigenvalue weighted by Crippen LogP contribution is 2.30. The SMILES string of the molecule is CC(C)Cc1cc(Cc2cc(CC(C)C)c(N)c(CC(C)C)c2)cc(CC(C)C)c1N. The van der Waals surface area contributed by atoms with Crippen molar-refractivity contribution in [2.75, 3.05) is 11.5 Å². The van der Waals surface area contributed by atoms with Gasteiger partial charge in [0, 0.05) is 11.4 Å². The monoisotopic (exact) mass is 422 g/mol. The van der Waals surface area contributed by atoms with Gasteiger partial charge in [0.15, 0.2) is 0 Å². The summed E-state index contributed by atoms with van der Waals surface area (Å²) in [4.78, 5) is 0. The highest BCUT2D eigenvalue weighted by atomic mass is 14.6. The number of nitrogen functional groups attached to an aromatic ring is 2. The van der Waals surface area contributed by atoms with Gasteiger partial charge in [-0.05, 0) is 89.2 Å². The lowest BCUT2D eigenvalue weighted by molar-refractivity contribution is 0.636. The van der Waals surface area contributed by atoms with E-state index in [-0.39, 0.29) is 0 Å². The van der Waals surface area contributed by atoms with Crippen LogP contribution in [0.25, 0.3) is 0 Å². The average molecular weight is 423 g/mol. The molecule has 0 amide bonds. The maximum absolute atomic E-state index is 6.60. The minimum absolute atomic E-state index is 0.594. The van der Waals surface area contributed by atoms with E-state index >= 15 is 0 Å². The molecule has 31 heavy (non-hydrogen) atoms. The summed E-state index contributed by atoms with van der Waals surface area (Å²) < 4.78 is 0. The van der Waals surface area contributed by atoms with Gasteiger partial charge in [-0.15, -0.1) is 0 Å². The predicted octanol–water partition coefficient (Wildman–Crippen LogP) is 7.24. The molecule has 2 rings (SSSR count). The van der Waals surface area contributed by atoms with Crippen LogP contribution in [0.5, 0.6) is 0 Å². The Morgan fingerprint density at radius 1 is 0.484 bits per heavy atom. The van der Waals surface area contributed by atoms with Crippen molar-refractivity contribution in [2.45, 2.75) is 87.5 Å². The molecule has 0 saturated heterocycles. The largest absolute Gasteiger partial charge is 0.398 e. The molecule has 0 aliphatic rings. The molecular formula is C29H46N2. The fourth-order valence-corrected chi connectivity index (χ4v) is 4.58. The van der Waals surface area contributed by atoms with Crippen molar-refractivity contribution in [2.24, 2.45) is 23.7 Å². The van der Waals surface area contributed by atoms with Gasteiger partial charge in [-0.2, -0.15) is 0 Å². The maximum Gasteiger partial charge on any atom is 0.0379 e. The molecule has 2 nitrogen and oxygen atoms in total. The lowest BCUT2D eigenvalue weighted by atomic mass is 9.88. The van der Waals surface area contributed by atoms with Gasteiger partial charge in [-0.3, -0.25) is 0 Å². The minimum atomic E-state index is 0.594. The normalized spacial score (nSPS) is 12.0. The van der Waals surface area contributed by atoms with E-state index in [1.165, 1.54) is 33.4 Å². The maximum atomic E-state index is 6.60. The zero-order valence-corrected chi connectivity index (χ0v) is 21.3. The molecule has 0 aliphatic carbocycles. The molecule has 0 radical (unpaired) electrons. The summed E-state index contributed by atoms with van der Waals surface area (Å²) in [5.74, 6) is 2.38. The van der Waals surface area contributed by atoms with Gasteiger partial charge in [0.1, 0.15) is 0 Å². The van der Waals surface area contributed by atoms with Crippen LogP contribution < -0.4 is 11.5 Å². The molecule has 2 aromatic carbocycles. The van der Waals surface area contributed by atoms with E-state index in [4.69, 9.17) is 11.5 Å². The van der Waals surface area contributed by atoms with Gasteiger partial charge in [0.2, 0.25) is 0 Å². The van der Waals surface area contributed by atoms with E-state index in [0.717, 1.165) is 43.5 Å². The Balaban J connectivity index is 2.49. The second-order valence-electron chi connectivity index (χ2n) is 11.2. The van der Waals surface area contributed by atoms with Gasteiger partial charge >= 0.3 is 0 Å². The molecule has 0 atom stereocenters. The summed E-state index contributed by atoms with van der Waals surface area (Å²) in [6.45, 7) is 18.1. The van der Waals surface area contributed by atoms with Crippen molar-refractivity contribution < 1.29 is 0 Å². The Bertz CT molecular complexity index is 726. The van der Waals surface area contributed by atoms with Crippen molar-refractivity contribution in [1.29, 1.82) is 0 Å².